The highest BCUT2D eigenvalue weighted by Crippen LogP contribution is 2.36. The summed E-state index contributed by atoms with van der Waals surface area (Å²) in [6.07, 6.45) is 2.58. The highest BCUT2D eigenvalue weighted by Gasteiger charge is 2.29. The van der Waals surface area contributed by atoms with E-state index in [2.05, 4.69) is 60.2 Å². The lowest BCUT2D eigenvalue weighted by Gasteiger charge is -2.24. The molecule has 1 atom stereocenters. The normalized spacial score (nSPS) is 21.3. The van der Waals surface area contributed by atoms with Gasteiger partial charge in [-0.05, 0) is 38.4 Å². The van der Waals surface area contributed by atoms with E-state index < -0.39 is 0 Å². The first kappa shape index (κ1) is 20.6. The molecule has 7 heteroatoms. The maximum atomic E-state index is 5.34. The average molecular weight is 452 g/mol. The monoisotopic (exact) mass is 452 g/mol. The number of hydrogen-bond donors (Lipinski definition) is 2. The third-order valence-electron chi connectivity index (χ3n) is 3.84. The number of nitrogens with one attached hydrogen (secondary N) is 2. The molecule has 1 aliphatic rings. The van der Waals surface area contributed by atoms with Gasteiger partial charge in [0.1, 0.15) is 6.54 Å². The fourth-order valence-corrected chi connectivity index (χ4v) is 3.67. The summed E-state index contributed by atoms with van der Waals surface area (Å²) in [6.45, 7) is 10.9. The van der Waals surface area contributed by atoms with Crippen LogP contribution >= 0.6 is 35.7 Å². The second kappa shape index (κ2) is 9.76. The number of halogens is 1. The number of hydrogen-bond acceptors (Lipinski definition) is 4. The Morgan fingerprint density at radius 1 is 1.48 bits per heavy atom. The summed E-state index contributed by atoms with van der Waals surface area (Å²) >= 11 is 2.05. The first-order chi connectivity index (χ1) is 10.5. The van der Waals surface area contributed by atoms with Crippen molar-refractivity contribution in [3.05, 3.63) is 17.5 Å². The minimum Gasteiger partial charge on any atom is -0.359 e. The zero-order valence-corrected chi connectivity index (χ0v) is 17.7. The van der Waals surface area contributed by atoms with Crippen LogP contribution in [0.2, 0.25) is 0 Å². The van der Waals surface area contributed by atoms with Crippen molar-refractivity contribution in [3.8, 4) is 0 Å². The predicted octanol–water partition coefficient (Wildman–Crippen LogP) is 3.76. The number of rotatable bonds is 6. The molecule has 0 bridgehead atoms. The summed E-state index contributed by atoms with van der Waals surface area (Å²) in [5.74, 6) is 3.30. The highest BCUT2D eigenvalue weighted by atomic mass is 127. The van der Waals surface area contributed by atoms with Gasteiger partial charge in [-0.25, -0.2) is 4.99 Å². The Morgan fingerprint density at radius 3 is 2.83 bits per heavy atom. The molecular formula is C16H29IN4OS. The molecule has 0 amide bonds. The fraction of sp³-hybridized carbons (Fsp3) is 0.750. The van der Waals surface area contributed by atoms with Gasteiger partial charge in [-0.15, -0.1) is 24.0 Å². The van der Waals surface area contributed by atoms with E-state index in [1.165, 1.54) is 18.6 Å². The van der Waals surface area contributed by atoms with Gasteiger partial charge in [0, 0.05) is 23.9 Å². The van der Waals surface area contributed by atoms with Crippen molar-refractivity contribution in [1.82, 2.24) is 15.8 Å². The Labute approximate surface area is 160 Å². The molecule has 0 spiro atoms. The Kier molecular flexibility index (Phi) is 8.74. The van der Waals surface area contributed by atoms with Crippen LogP contribution in [0, 0.1) is 0 Å². The molecule has 2 rings (SSSR count). The van der Waals surface area contributed by atoms with Gasteiger partial charge in [-0.2, -0.15) is 11.8 Å². The van der Waals surface area contributed by atoms with E-state index in [-0.39, 0.29) is 24.0 Å². The quantitative estimate of drug-likeness (QED) is 0.391. The first-order valence-corrected chi connectivity index (χ1v) is 9.12. The fourth-order valence-electron chi connectivity index (χ4n) is 2.42. The highest BCUT2D eigenvalue weighted by molar-refractivity contribution is 14.0. The van der Waals surface area contributed by atoms with E-state index in [0.29, 0.717) is 17.2 Å². The molecule has 5 nitrogen and oxygen atoms in total. The van der Waals surface area contributed by atoms with Crippen LogP contribution in [0.15, 0.2) is 15.6 Å². The van der Waals surface area contributed by atoms with Crippen LogP contribution in [0.25, 0.3) is 0 Å². The van der Waals surface area contributed by atoms with Crippen molar-refractivity contribution in [2.75, 3.05) is 18.8 Å². The van der Waals surface area contributed by atoms with Crippen molar-refractivity contribution in [2.45, 2.75) is 57.7 Å². The van der Waals surface area contributed by atoms with Gasteiger partial charge in [0.2, 0.25) is 0 Å². The van der Waals surface area contributed by atoms with Gasteiger partial charge in [0.15, 0.2) is 11.7 Å². The molecule has 1 fully saturated rings. The Bertz CT molecular complexity index is 498. The molecule has 23 heavy (non-hydrogen) atoms. The summed E-state index contributed by atoms with van der Waals surface area (Å²) in [5.41, 5.74) is 0.984. The molecule has 0 radical (unpaired) electrons. The van der Waals surface area contributed by atoms with Crippen LogP contribution in [0.4, 0.5) is 0 Å². The topological polar surface area (TPSA) is 62.5 Å². The lowest BCUT2D eigenvalue weighted by molar-refractivity contribution is 0.376. The standard InChI is InChI=1S/C16H28N4OS.HI/c1-5-17-15(19-11-16(4)7-6-8-22-16)18-10-13-9-14(12(2)3)20-21-13;/h9,12H,5-8,10-11H2,1-4H3,(H2,17,18,19);1H. The SMILES string of the molecule is CCNC(=NCc1cc(C(C)C)no1)NCC1(C)CCCS1.I. The second-order valence-corrected chi connectivity index (χ2v) is 8.01. The van der Waals surface area contributed by atoms with Crippen molar-refractivity contribution in [3.63, 3.8) is 0 Å². The minimum atomic E-state index is 0. The van der Waals surface area contributed by atoms with Gasteiger partial charge in [0.25, 0.3) is 0 Å². The van der Waals surface area contributed by atoms with Crippen LogP contribution in [0.3, 0.4) is 0 Å². The molecule has 1 aromatic rings. The minimum absolute atomic E-state index is 0. The Morgan fingerprint density at radius 2 is 2.26 bits per heavy atom. The molecular weight excluding hydrogens is 423 g/mol. The molecule has 1 unspecified atom stereocenters. The van der Waals surface area contributed by atoms with Gasteiger partial charge in [0.05, 0.1) is 5.69 Å². The van der Waals surface area contributed by atoms with E-state index >= 15 is 0 Å². The van der Waals surface area contributed by atoms with Gasteiger partial charge < -0.3 is 15.2 Å². The van der Waals surface area contributed by atoms with Gasteiger partial charge >= 0.3 is 0 Å². The van der Waals surface area contributed by atoms with Gasteiger partial charge in [-0.3, -0.25) is 0 Å². The van der Waals surface area contributed by atoms with Crippen molar-refractivity contribution >= 4 is 41.7 Å². The van der Waals surface area contributed by atoms with E-state index in [1.54, 1.807) is 0 Å². The zero-order chi connectivity index (χ0) is 16.0. The molecule has 132 valence electrons. The van der Waals surface area contributed by atoms with Crippen LogP contribution in [-0.2, 0) is 6.54 Å². The first-order valence-electron chi connectivity index (χ1n) is 8.14. The molecule has 1 saturated heterocycles. The Hall–Kier alpha value is -0.440. The second-order valence-electron chi connectivity index (χ2n) is 6.32. The van der Waals surface area contributed by atoms with Crippen LogP contribution in [0.5, 0.6) is 0 Å². The van der Waals surface area contributed by atoms with Crippen molar-refractivity contribution in [2.24, 2.45) is 4.99 Å². The molecule has 0 aliphatic carbocycles. The van der Waals surface area contributed by atoms with Gasteiger partial charge in [-0.1, -0.05) is 19.0 Å². The smallest absolute Gasteiger partial charge is 0.191 e. The summed E-state index contributed by atoms with van der Waals surface area (Å²) < 4.78 is 5.66. The largest absolute Gasteiger partial charge is 0.359 e. The maximum Gasteiger partial charge on any atom is 0.191 e. The predicted molar refractivity (Wildman–Crippen MR) is 109 cm³/mol. The molecule has 1 aromatic heterocycles. The van der Waals surface area contributed by atoms with Crippen molar-refractivity contribution < 1.29 is 4.52 Å². The maximum absolute atomic E-state index is 5.34. The number of aliphatic imine (C=N–C) groups is 1. The average Bonchev–Trinajstić information content (AvgIpc) is 3.11. The number of aromatic nitrogens is 1. The molecule has 0 saturated carbocycles. The van der Waals surface area contributed by atoms with Crippen molar-refractivity contribution in [1.29, 1.82) is 0 Å². The molecule has 2 heterocycles. The number of thioether (sulfide) groups is 1. The molecule has 2 N–H and O–H groups in total. The summed E-state index contributed by atoms with van der Waals surface area (Å²) in [6, 6.07) is 1.99. The lowest BCUT2D eigenvalue weighted by atomic mass is 10.1. The van der Waals surface area contributed by atoms with E-state index in [0.717, 1.165) is 30.5 Å². The van der Waals surface area contributed by atoms with Crippen LogP contribution in [-0.4, -0.2) is 34.7 Å². The summed E-state index contributed by atoms with van der Waals surface area (Å²) in [7, 11) is 0. The Balaban J connectivity index is 0.00000264. The summed E-state index contributed by atoms with van der Waals surface area (Å²) in [5, 5.41) is 10.8. The molecule has 1 aliphatic heterocycles. The van der Waals surface area contributed by atoms with E-state index in [4.69, 9.17) is 4.52 Å². The summed E-state index contributed by atoms with van der Waals surface area (Å²) in [4.78, 5) is 4.60. The third kappa shape index (κ3) is 6.52. The number of nitrogens with zero attached hydrogens (tertiary/aromatic N) is 2. The molecule has 0 aromatic carbocycles. The van der Waals surface area contributed by atoms with Crippen LogP contribution < -0.4 is 10.6 Å². The lowest BCUT2D eigenvalue weighted by Crippen LogP contribution is -2.43. The van der Waals surface area contributed by atoms with Crippen LogP contribution in [0.1, 0.15) is 57.9 Å². The third-order valence-corrected chi connectivity index (χ3v) is 5.37. The van der Waals surface area contributed by atoms with E-state index in [1.807, 2.05) is 6.07 Å². The van der Waals surface area contributed by atoms with E-state index in [9.17, 15) is 0 Å². The number of guanidine groups is 1. The zero-order valence-electron chi connectivity index (χ0n) is 14.5.